The van der Waals surface area contributed by atoms with Gasteiger partial charge in [-0.3, -0.25) is 0 Å². The summed E-state index contributed by atoms with van der Waals surface area (Å²) in [5.41, 5.74) is -8.40. The lowest BCUT2D eigenvalue weighted by Gasteiger charge is -2.48. The van der Waals surface area contributed by atoms with Gasteiger partial charge >= 0.3 is 53.7 Å². The highest BCUT2D eigenvalue weighted by Gasteiger charge is 3.03. The van der Waals surface area contributed by atoms with E-state index in [9.17, 15) is 70.7 Å². The second-order valence-corrected chi connectivity index (χ2v) is 5.20. The monoisotopic (exact) mass is 457 g/mol. The van der Waals surface area contributed by atoms with Crippen LogP contribution in [0.5, 0.6) is 0 Å². The lowest BCUT2D eigenvalue weighted by molar-refractivity contribution is -0.465. The zero-order valence-electron chi connectivity index (χ0n) is 11.9. The summed E-state index contributed by atoms with van der Waals surface area (Å²) in [5, 5.41) is 16.5. The zero-order chi connectivity index (χ0) is 23.2. The van der Waals surface area contributed by atoms with Crippen LogP contribution in [0.25, 0.3) is 0 Å². The van der Waals surface area contributed by atoms with Crippen LogP contribution in [0.1, 0.15) is 0 Å². The molecule has 0 aromatic heterocycles. The van der Waals surface area contributed by atoms with Crippen molar-refractivity contribution < 1.29 is 80.9 Å². The fourth-order valence-electron chi connectivity index (χ4n) is 2.42. The Labute approximate surface area is 141 Å². The molecular weight excluding hydrogens is 455 g/mol. The van der Waals surface area contributed by atoms with E-state index in [2.05, 4.69) is 0 Å². The minimum atomic E-state index is -8.40. The fraction of sp³-hybridized carbons (Fsp3) is 0.889. The van der Waals surface area contributed by atoms with E-state index in [1.54, 1.807) is 0 Å². The van der Waals surface area contributed by atoms with E-state index < -0.39 is 58.6 Å². The Hall–Kier alpha value is -1.66. The zero-order valence-corrected chi connectivity index (χ0v) is 11.9. The molecule has 1 fully saturated rings. The predicted octanol–water partition coefficient (Wildman–Crippen LogP) is 3.36. The summed E-state index contributed by atoms with van der Waals surface area (Å²) in [6.07, 6.45) is -24.7. The van der Waals surface area contributed by atoms with Gasteiger partial charge in [-0.1, -0.05) is 0 Å². The number of halogens is 15. The summed E-state index contributed by atoms with van der Waals surface area (Å²) in [6, 6.07) is -7.73. The maximum atomic E-state index is 14.2. The SMILES string of the molecule is O=C(O)[C@@]1(F)N(C(C(F)(F)F)(C(F)(F)F)C(F)(F)F)C(F)(F)[C@@](O)(F)C1(F)F. The number of carbonyl (C=O) groups is 1. The highest BCUT2D eigenvalue weighted by atomic mass is 19.4. The molecule has 28 heavy (non-hydrogen) atoms. The Morgan fingerprint density at radius 3 is 1.21 bits per heavy atom. The van der Waals surface area contributed by atoms with Crippen molar-refractivity contribution in [2.45, 2.75) is 47.7 Å². The fourth-order valence-corrected chi connectivity index (χ4v) is 2.42. The average Bonchev–Trinajstić information content (AvgIpc) is 2.44. The van der Waals surface area contributed by atoms with E-state index in [0.29, 0.717) is 0 Å². The van der Waals surface area contributed by atoms with E-state index in [1.807, 2.05) is 0 Å². The third-order valence-electron chi connectivity index (χ3n) is 3.67. The van der Waals surface area contributed by atoms with Crippen LogP contribution in [0.2, 0.25) is 0 Å². The molecule has 0 aromatic carbocycles. The number of alkyl halides is 15. The molecule has 0 unspecified atom stereocenters. The predicted molar refractivity (Wildman–Crippen MR) is 50.2 cm³/mol. The molecule has 1 saturated heterocycles. The molecule has 2 atom stereocenters. The molecule has 0 spiro atoms. The van der Waals surface area contributed by atoms with Crippen LogP contribution in [-0.2, 0) is 4.79 Å². The summed E-state index contributed by atoms with van der Waals surface area (Å²) >= 11 is 0. The summed E-state index contributed by atoms with van der Waals surface area (Å²) in [7, 11) is 0. The van der Waals surface area contributed by atoms with Gasteiger partial charge in [0, 0.05) is 0 Å². The molecule has 166 valence electrons. The molecule has 1 aliphatic heterocycles. The number of hydrogen-bond acceptors (Lipinski definition) is 3. The van der Waals surface area contributed by atoms with Crippen LogP contribution in [0.3, 0.4) is 0 Å². The van der Waals surface area contributed by atoms with E-state index in [4.69, 9.17) is 10.2 Å². The standard InChI is InChI=1S/C9H2F15NO3/c10-2(1(26)27)4(11,12)5(13,28)9(23,24)25(2)3(6(14,15)16,7(17,18)19)8(20,21)22/h28H,(H,26,27)/t2-,5-/m1/s1. The number of carboxylic acids is 1. The molecular formula is C9H2F15NO3. The molecule has 0 saturated carbocycles. The van der Waals surface area contributed by atoms with Gasteiger partial charge in [0.15, 0.2) is 0 Å². The smallest absolute Gasteiger partial charge is 0.425 e. The Balaban J connectivity index is 4.37. The van der Waals surface area contributed by atoms with Crippen molar-refractivity contribution in [3.63, 3.8) is 0 Å². The van der Waals surface area contributed by atoms with Gasteiger partial charge in [-0.2, -0.15) is 66.4 Å². The number of nitrogens with zero attached hydrogens (tertiary/aromatic N) is 1. The van der Waals surface area contributed by atoms with Crippen molar-refractivity contribution in [2.75, 3.05) is 0 Å². The van der Waals surface area contributed by atoms with Crippen LogP contribution in [0, 0.1) is 0 Å². The number of carboxylic acid groups (broad SMARTS) is 1. The van der Waals surface area contributed by atoms with Gasteiger partial charge in [0.2, 0.25) is 0 Å². The molecule has 19 heteroatoms. The van der Waals surface area contributed by atoms with Gasteiger partial charge in [0.1, 0.15) is 0 Å². The summed E-state index contributed by atoms with van der Waals surface area (Å²) in [5.74, 6) is -26.6. The lowest BCUT2D eigenvalue weighted by atomic mass is 9.91. The first-order valence-corrected chi connectivity index (χ1v) is 5.91. The van der Waals surface area contributed by atoms with Gasteiger partial charge < -0.3 is 10.2 Å². The normalized spacial score (nSPS) is 31.9. The molecule has 1 rings (SSSR count). The molecule has 1 aliphatic rings. The van der Waals surface area contributed by atoms with E-state index >= 15 is 0 Å². The Bertz CT molecular complexity index is 625. The first-order valence-electron chi connectivity index (χ1n) is 5.91. The molecule has 0 bridgehead atoms. The Kier molecular flexibility index (Phi) is 4.77. The van der Waals surface area contributed by atoms with Gasteiger partial charge in [-0.25, -0.2) is 9.18 Å². The molecule has 4 nitrogen and oxygen atoms in total. The van der Waals surface area contributed by atoms with E-state index in [0.717, 1.165) is 0 Å². The van der Waals surface area contributed by atoms with Gasteiger partial charge in [-0.15, -0.1) is 0 Å². The van der Waals surface area contributed by atoms with Crippen molar-refractivity contribution in [3.8, 4) is 0 Å². The first-order chi connectivity index (χ1) is 11.8. The average molecular weight is 457 g/mol. The summed E-state index contributed by atoms with van der Waals surface area (Å²) in [6.45, 7) is 0. The molecule has 0 radical (unpaired) electrons. The van der Waals surface area contributed by atoms with Gasteiger partial charge in [-0.05, 0) is 0 Å². The topological polar surface area (TPSA) is 60.8 Å². The molecule has 0 aliphatic carbocycles. The maximum Gasteiger partial charge on any atom is 0.425 e. The van der Waals surface area contributed by atoms with Crippen molar-refractivity contribution in [1.82, 2.24) is 4.90 Å². The summed E-state index contributed by atoms with van der Waals surface area (Å²) in [4.78, 5) is 6.25. The lowest BCUT2D eigenvalue weighted by Crippen LogP contribution is -2.82. The van der Waals surface area contributed by atoms with Crippen molar-refractivity contribution in [3.05, 3.63) is 0 Å². The maximum absolute atomic E-state index is 14.2. The quantitative estimate of drug-likeness (QED) is 0.494. The van der Waals surface area contributed by atoms with Crippen LogP contribution in [-0.4, -0.2) is 68.8 Å². The highest BCUT2D eigenvalue weighted by Crippen LogP contribution is 2.69. The number of aliphatic hydroxyl groups is 1. The number of aliphatic carboxylic acids is 1. The third kappa shape index (κ3) is 2.28. The van der Waals surface area contributed by atoms with Gasteiger partial charge in [0.05, 0.1) is 0 Å². The van der Waals surface area contributed by atoms with E-state index in [-0.39, 0.29) is 0 Å². The van der Waals surface area contributed by atoms with Crippen molar-refractivity contribution in [1.29, 1.82) is 0 Å². The molecule has 1 heterocycles. The minimum absolute atomic E-state index is 4.30. The number of likely N-dealkylation sites (tertiary alicyclic amines) is 1. The minimum Gasteiger partial charge on any atom is -0.478 e. The third-order valence-corrected chi connectivity index (χ3v) is 3.67. The number of hydrogen-bond donors (Lipinski definition) is 2. The second-order valence-electron chi connectivity index (χ2n) is 5.20. The molecule has 2 N–H and O–H groups in total. The van der Waals surface area contributed by atoms with Crippen molar-refractivity contribution >= 4 is 5.97 Å². The Morgan fingerprint density at radius 1 is 0.714 bits per heavy atom. The Morgan fingerprint density at radius 2 is 1.00 bits per heavy atom. The second kappa shape index (κ2) is 5.48. The first kappa shape index (κ1) is 24.4. The van der Waals surface area contributed by atoms with Crippen LogP contribution >= 0.6 is 0 Å². The van der Waals surface area contributed by atoms with Crippen LogP contribution < -0.4 is 0 Å². The van der Waals surface area contributed by atoms with Crippen LogP contribution in [0.15, 0.2) is 0 Å². The highest BCUT2D eigenvalue weighted by molar-refractivity contribution is 5.80. The van der Waals surface area contributed by atoms with Crippen molar-refractivity contribution in [2.24, 2.45) is 0 Å². The molecule has 0 amide bonds. The van der Waals surface area contributed by atoms with Crippen LogP contribution in [0.4, 0.5) is 65.9 Å². The van der Waals surface area contributed by atoms with E-state index in [1.165, 1.54) is 0 Å². The largest absolute Gasteiger partial charge is 0.478 e. The summed E-state index contributed by atoms with van der Waals surface area (Å²) < 4.78 is 197. The number of rotatable bonds is 2. The van der Waals surface area contributed by atoms with Gasteiger partial charge in [0.25, 0.3) is 0 Å². The molecule has 0 aromatic rings.